The highest BCUT2D eigenvalue weighted by Gasteiger charge is 2.46. The minimum Gasteiger partial charge on any atom is -0.263 e. The average molecular weight is 284 g/mol. The van der Waals surface area contributed by atoms with Crippen LogP contribution in [0.2, 0.25) is 0 Å². The molecule has 1 saturated heterocycles. The van der Waals surface area contributed by atoms with Crippen molar-refractivity contribution in [2.24, 2.45) is 0 Å². The van der Waals surface area contributed by atoms with Gasteiger partial charge in [-0.15, -0.1) is 11.8 Å². The van der Waals surface area contributed by atoms with Crippen molar-refractivity contribution in [3.8, 4) is 11.8 Å². The Morgan fingerprint density at radius 2 is 1.76 bits per heavy atom. The predicted molar refractivity (Wildman–Crippen MR) is 76.9 cm³/mol. The molecule has 21 heavy (non-hydrogen) atoms. The highest BCUT2D eigenvalue weighted by molar-refractivity contribution is 6.44. The molecule has 4 amide bonds. The largest absolute Gasteiger partial charge is 0.334 e. The van der Waals surface area contributed by atoms with Crippen molar-refractivity contribution < 1.29 is 14.4 Å². The predicted octanol–water partition coefficient (Wildman–Crippen LogP) is 1.95. The third kappa shape index (κ3) is 2.79. The fourth-order valence-corrected chi connectivity index (χ4v) is 2.23. The maximum absolute atomic E-state index is 12.3. The summed E-state index contributed by atoms with van der Waals surface area (Å²) in [5, 5.41) is 0. The number of rotatable bonds is 4. The van der Waals surface area contributed by atoms with E-state index < -0.39 is 23.9 Å². The van der Waals surface area contributed by atoms with Crippen LogP contribution in [-0.2, 0) is 9.59 Å². The maximum atomic E-state index is 12.3. The lowest BCUT2D eigenvalue weighted by molar-refractivity contribution is -0.143. The molecule has 2 rings (SSSR count). The summed E-state index contributed by atoms with van der Waals surface area (Å²) in [4.78, 5) is 38.2. The highest BCUT2D eigenvalue weighted by atomic mass is 16.2. The van der Waals surface area contributed by atoms with Gasteiger partial charge in [0.15, 0.2) is 0 Å². The Kier molecular flexibility index (Phi) is 4.39. The van der Waals surface area contributed by atoms with E-state index >= 15 is 0 Å². The van der Waals surface area contributed by atoms with Crippen molar-refractivity contribution in [1.29, 1.82) is 0 Å². The van der Waals surface area contributed by atoms with E-state index in [1.807, 2.05) is 30.3 Å². The maximum Gasteiger partial charge on any atom is 0.334 e. The van der Waals surface area contributed by atoms with Crippen molar-refractivity contribution in [3.63, 3.8) is 0 Å². The summed E-state index contributed by atoms with van der Waals surface area (Å²) >= 11 is 0. The van der Waals surface area contributed by atoms with Gasteiger partial charge in [0, 0.05) is 13.0 Å². The minimum atomic E-state index is -0.777. The zero-order valence-corrected chi connectivity index (χ0v) is 12.0. The fraction of sp³-hybridized carbons (Fsp3) is 0.312. The van der Waals surface area contributed by atoms with E-state index in [0.29, 0.717) is 6.42 Å². The van der Waals surface area contributed by atoms with Crippen LogP contribution in [0.3, 0.4) is 0 Å². The molecule has 1 fully saturated rings. The Balaban J connectivity index is 2.20. The smallest absolute Gasteiger partial charge is 0.263 e. The molecule has 0 aromatic heterocycles. The summed E-state index contributed by atoms with van der Waals surface area (Å²) in [5.74, 6) is 3.92. The second kappa shape index (κ2) is 6.23. The van der Waals surface area contributed by atoms with Crippen LogP contribution in [0, 0.1) is 11.8 Å². The molecule has 0 N–H and O–H groups in total. The van der Waals surface area contributed by atoms with Crippen LogP contribution < -0.4 is 0 Å². The van der Waals surface area contributed by atoms with Crippen LogP contribution in [0.4, 0.5) is 4.79 Å². The third-order valence-corrected chi connectivity index (χ3v) is 3.39. The summed E-state index contributed by atoms with van der Waals surface area (Å²) < 4.78 is 0. The Morgan fingerprint density at radius 3 is 2.38 bits per heavy atom. The van der Waals surface area contributed by atoms with Crippen molar-refractivity contribution >= 4 is 17.8 Å². The first-order chi connectivity index (χ1) is 10.1. The SMILES string of the molecule is CC#CCCN1C(=O)C(=O)N([C@H](C)c2ccccc2)C1=O. The molecule has 5 nitrogen and oxygen atoms in total. The Labute approximate surface area is 123 Å². The number of imide groups is 2. The summed E-state index contributed by atoms with van der Waals surface area (Å²) in [7, 11) is 0. The van der Waals surface area contributed by atoms with Gasteiger partial charge in [-0.2, -0.15) is 0 Å². The molecule has 0 unspecified atom stereocenters. The first kappa shape index (κ1) is 14.8. The molecule has 1 aliphatic rings. The molecule has 1 atom stereocenters. The molecule has 1 heterocycles. The Morgan fingerprint density at radius 1 is 1.10 bits per heavy atom. The normalized spacial score (nSPS) is 16.0. The molecule has 108 valence electrons. The fourth-order valence-electron chi connectivity index (χ4n) is 2.23. The minimum absolute atomic E-state index is 0.141. The number of carbonyl (C=O) groups is 3. The number of hydrogen-bond acceptors (Lipinski definition) is 3. The summed E-state index contributed by atoms with van der Waals surface area (Å²) in [6.07, 6.45) is 0.370. The molecular formula is C16H16N2O3. The van der Waals surface area contributed by atoms with E-state index in [-0.39, 0.29) is 6.54 Å². The zero-order valence-electron chi connectivity index (χ0n) is 12.0. The number of nitrogens with zero attached hydrogens (tertiary/aromatic N) is 2. The first-order valence-corrected chi connectivity index (χ1v) is 6.71. The van der Waals surface area contributed by atoms with Crippen LogP contribution in [0.5, 0.6) is 0 Å². The Hall–Kier alpha value is -2.61. The highest BCUT2D eigenvalue weighted by Crippen LogP contribution is 2.26. The standard InChI is InChI=1S/C16H16N2O3/c1-3-4-8-11-17-14(19)15(20)18(16(17)21)12(2)13-9-6-5-7-10-13/h5-7,9-10,12H,8,11H2,1-2H3/t12-/m1/s1. The van der Waals surface area contributed by atoms with Gasteiger partial charge in [0.05, 0.1) is 6.04 Å². The van der Waals surface area contributed by atoms with Crippen LogP contribution >= 0.6 is 0 Å². The summed E-state index contributed by atoms with van der Waals surface area (Å²) in [6, 6.07) is 8.10. The second-order valence-corrected chi connectivity index (χ2v) is 4.68. The van der Waals surface area contributed by atoms with Gasteiger partial charge >= 0.3 is 17.8 Å². The molecule has 0 bridgehead atoms. The molecular weight excluding hydrogens is 268 g/mol. The number of amides is 4. The quantitative estimate of drug-likeness (QED) is 0.482. The summed E-state index contributed by atoms with van der Waals surface area (Å²) in [6.45, 7) is 3.55. The summed E-state index contributed by atoms with van der Waals surface area (Å²) in [5.41, 5.74) is 0.808. The van der Waals surface area contributed by atoms with E-state index in [9.17, 15) is 14.4 Å². The van der Waals surface area contributed by atoms with Gasteiger partial charge in [0.25, 0.3) is 0 Å². The van der Waals surface area contributed by atoms with Gasteiger partial charge in [-0.25, -0.2) is 9.69 Å². The third-order valence-electron chi connectivity index (χ3n) is 3.39. The number of carbonyl (C=O) groups excluding carboxylic acids is 3. The number of benzene rings is 1. The molecule has 5 heteroatoms. The van der Waals surface area contributed by atoms with Crippen molar-refractivity contribution in [2.75, 3.05) is 6.54 Å². The molecule has 0 radical (unpaired) electrons. The van der Waals surface area contributed by atoms with Crippen molar-refractivity contribution in [1.82, 2.24) is 9.80 Å². The molecule has 1 aromatic carbocycles. The molecule has 0 aliphatic carbocycles. The molecule has 0 saturated carbocycles. The number of urea groups is 1. The van der Waals surface area contributed by atoms with Gasteiger partial charge in [0.2, 0.25) is 0 Å². The molecule has 1 aliphatic heterocycles. The lowest BCUT2D eigenvalue weighted by Gasteiger charge is -2.22. The van der Waals surface area contributed by atoms with Gasteiger partial charge < -0.3 is 0 Å². The van der Waals surface area contributed by atoms with Crippen LogP contribution in [0.1, 0.15) is 31.9 Å². The van der Waals surface area contributed by atoms with Crippen LogP contribution in [0.15, 0.2) is 30.3 Å². The lowest BCUT2D eigenvalue weighted by atomic mass is 10.1. The van der Waals surface area contributed by atoms with Gasteiger partial charge in [0.1, 0.15) is 0 Å². The van der Waals surface area contributed by atoms with Gasteiger partial charge in [-0.05, 0) is 19.4 Å². The van der Waals surface area contributed by atoms with E-state index in [1.54, 1.807) is 13.8 Å². The first-order valence-electron chi connectivity index (χ1n) is 6.71. The van der Waals surface area contributed by atoms with Gasteiger partial charge in [-0.1, -0.05) is 30.3 Å². The number of hydrogen-bond donors (Lipinski definition) is 0. The van der Waals surface area contributed by atoms with Gasteiger partial charge in [-0.3, -0.25) is 14.5 Å². The lowest BCUT2D eigenvalue weighted by Crippen LogP contribution is -2.35. The van der Waals surface area contributed by atoms with E-state index in [4.69, 9.17) is 0 Å². The van der Waals surface area contributed by atoms with Crippen LogP contribution in [0.25, 0.3) is 0 Å². The second-order valence-electron chi connectivity index (χ2n) is 4.68. The molecule has 0 spiro atoms. The molecule has 1 aromatic rings. The van der Waals surface area contributed by atoms with Crippen LogP contribution in [-0.4, -0.2) is 34.2 Å². The van der Waals surface area contributed by atoms with Crippen molar-refractivity contribution in [3.05, 3.63) is 35.9 Å². The van der Waals surface area contributed by atoms with Crippen molar-refractivity contribution in [2.45, 2.75) is 26.3 Å². The van der Waals surface area contributed by atoms with E-state index in [1.165, 1.54) is 0 Å². The zero-order chi connectivity index (χ0) is 15.4. The van der Waals surface area contributed by atoms with E-state index in [0.717, 1.165) is 15.4 Å². The van der Waals surface area contributed by atoms with E-state index in [2.05, 4.69) is 11.8 Å². The average Bonchev–Trinajstić information content (AvgIpc) is 2.71. The topological polar surface area (TPSA) is 57.7 Å². The Bertz CT molecular complexity index is 628. The monoisotopic (exact) mass is 284 g/mol.